The summed E-state index contributed by atoms with van der Waals surface area (Å²) < 4.78 is 0. The Bertz CT molecular complexity index is 648. The normalized spacial score (nSPS) is 11.2. The highest BCUT2D eigenvalue weighted by Crippen LogP contribution is 2.54. The Hall–Kier alpha value is -1.22. The second-order valence-electron chi connectivity index (χ2n) is 6.34. The smallest absolute Gasteiger partial charge is 0.113 e. The minimum atomic E-state index is -1.65. The van der Waals surface area contributed by atoms with Crippen LogP contribution in [0.2, 0.25) is 0 Å². The lowest BCUT2D eigenvalue weighted by molar-refractivity contribution is -0.00000479. The molecule has 0 aliphatic rings. The first-order valence-corrected chi connectivity index (χ1v) is 10.4. The molecule has 1 nitrogen and oxygen atoms in total. The maximum atomic E-state index is 2.31. The second kappa shape index (κ2) is 9.47. The summed E-state index contributed by atoms with van der Waals surface area (Å²) in [6.45, 7) is 1.08. The molecule has 0 bridgehead atoms. The van der Waals surface area contributed by atoms with Crippen LogP contribution in [-0.4, -0.2) is 31.7 Å². The third-order valence-electron chi connectivity index (χ3n) is 4.47. The highest BCUT2D eigenvalue weighted by Gasteiger charge is 2.44. The Morgan fingerprint density at radius 2 is 0.920 bits per heavy atom. The molecule has 0 unspecified atom stereocenters. The van der Waals surface area contributed by atoms with Crippen molar-refractivity contribution in [3.8, 4) is 0 Å². The summed E-state index contributed by atoms with van der Waals surface area (Å²) in [7, 11) is 2.68. The molecule has 0 saturated carbocycles. The molecular formula is C22H25INP. The van der Waals surface area contributed by atoms with Crippen molar-refractivity contribution < 1.29 is 24.0 Å². The van der Waals surface area contributed by atoms with Crippen LogP contribution in [0, 0.1) is 0 Å². The van der Waals surface area contributed by atoms with Gasteiger partial charge in [0.15, 0.2) is 0 Å². The number of halogens is 1. The standard InChI is InChI=1S/C22H25NP.HI/c1-23(2)18-19-24(20-12-6-3-7-13-20,21-14-8-4-9-15-21)22-16-10-5-11-17-22;/h3-17H,18-19H2,1-2H3;1H/q+1;/p-1. The fourth-order valence-electron chi connectivity index (χ4n) is 3.23. The molecule has 0 fully saturated rings. The quantitative estimate of drug-likeness (QED) is 0.383. The highest BCUT2D eigenvalue weighted by molar-refractivity contribution is 7.95. The van der Waals surface area contributed by atoms with E-state index >= 15 is 0 Å². The molecule has 3 heteroatoms. The van der Waals surface area contributed by atoms with Crippen LogP contribution in [0.1, 0.15) is 0 Å². The Kier molecular flexibility index (Phi) is 7.61. The van der Waals surface area contributed by atoms with Crippen LogP contribution in [0.4, 0.5) is 0 Å². The Labute approximate surface area is 169 Å². The lowest BCUT2D eigenvalue weighted by Gasteiger charge is -2.28. The van der Waals surface area contributed by atoms with Gasteiger partial charge in [-0.25, -0.2) is 0 Å². The van der Waals surface area contributed by atoms with E-state index in [-0.39, 0.29) is 24.0 Å². The van der Waals surface area contributed by atoms with Crippen molar-refractivity contribution >= 4 is 23.2 Å². The van der Waals surface area contributed by atoms with Gasteiger partial charge in [0, 0.05) is 6.54 Å². The highest BCUT2D eigenvalue weighted by atomic mass is 127. The van der Waals surface area contributed by atoms with E-state index in [1.54, 1.807) is 0 Å². The Morgan fingerprint density at radius 1 is 0.600 bits per heavy atom. The third-order valence-corrected chi connectivity index (χ3v) is 8.88. The SMILES string of the molecule is CN(C)CC[P+](c1ccccc1)(c1ccccc1)c1ccccc1.[I-]. The van der Waals surface area contributed by atoms with Gasteiger partial charge in [-0.1, -0.05) is 54.6 Å². The van der Waals surface area contributed by atoms with Crippen LogP contribution >= 0.6 is 7.26 Å². The van der Waals surface area contributed by atoms with E-state index in [0.29, 0.717) is 0 Å². The Balaban J connectivity index is 0.00000225. The van der Waals surface area contributed by atoms with Gasteiger partial charge < -0.3 is 28.9 Å². The van der Waals surface area contributed by atoms with Crippen LogP contribution in [0.15, 0.2) is 91.0 Å². The summed E-state index contributed by atoms with van der Waals surface area (Å²) in [5, 5.41) is 4.39. The second-order valence-corrected chi connectivity index (χ2v) is 9.96. The van der Waals surface area contributed by atoms with E-state index in [9.17, 15) is 0 Å². The zero-order valence-electron chi connectivity index (χ0n) is 14.8. The monoisotopic (exact) mass is 461 g/mol. The summed E-state index contributed by atoms with van der Waals surface area (Å²) in [6.07, 6.45) is 1.15. The molecule has 0 aliphatic carbocycles. The Morgan fingerprint density at radius 3 is 1.20 bits per heavy atom. The third kappa shape index (κ3) is 4.49. The number of hydrogen-bond donors (Lipinski definition) is 0. The average Bonchev–Trinajstić information content (AvgIpc) is 2.65. The van der Waals surface area contributed by atoms with Crippen LogP contribution < -0.4 is 39.9 Å². The van der Waals surface area contributed by atoms with Crippen molar-refractivity contribution in [2.45, 2.75) is 0 Å². The van der Waals surface area contributed by atoms with Gasteiger partial charge in [0.05, 0.1) is 6.16 Å². The van der Waals surface area contributed by atoms with Crippen molar-refractivity contribution in [1.29, 1.82) is 0 Å². The summed E-state index contributed by atoms with van der Waals surface area (Å²) in [4.78, 5) is 2.30. The summed E-state index contributed by atoms with van der Waals surface area (Å²) in [6, 6.07) is 33.2. The van der Waals surface area contributed by atoms with Gasteiger partial charge >= 0.3 is 0 Å². The molecular weight excluding hydrogens is 436 g/mol. The van der Waals surface area contributed by atoms with E-state index in [0.717, 1.165) is 12.7 Å². The zero-order chi connectivity index (χ0) is 16.8. The van der Waals surface area contributed by atoms with Crippen LogP contribution in [0.25, 0.3) is 0 Å². The topological polar surface area (TPSA) is 3.24 Å². The molecule has 0 saturated heterocycles. The van der Waals surface area contributed by atoms with Crippen molar-refractivity contribution in [2.75, 3.05) is 26.8 Å². The van der Waals surface area contributed by atoms with Gasteiger partial charge in [-0.3, -0.25) is 0 Å². The fraction of sp³-hybridized carbons (Fsp3) is 0.182. The predicted octanol–water partition coefficient (Wildman–Crippen LogP) is 0.546. The number of benzene rings is 3. The molecule has 0 spiro atoms. The molecule has 130 valence electrons. The van der Waals surface area contributed by atoms with Gasteiger partial charge in [-0.15, -0.1) is 0 Å². The van der Waals surface area contributed by atoms with E-state index in [4.69, 9.17) is 0 Å². The van der Waals surface area contributed by atoms with Crippen molar-refractivity contribution in [2.24, 2.45) is 0 Å². The van der Waals surface area contributed by atoms with E-state index in [2.05, 4.69) is 110 Å². The lowest BCUT2D eigenvalue weighted by atomic mass is 10.4. The van der Waals surface area contributed by atoms with Crippen molar-refractivity contribution in [1.82, 2.24) is 4.90 Å². The largest absolute Gasteiger partial charge is 1.00 e. The van der Waals surface area contributed by atoms with Crippen molar-refractivity contribution in [3.63, 3.8) is 0 Å². The number of nitrogens with zero attached hydrogens (tertiary/aromatic N) is 1. The summed E-state index contributed by atoms with van der Waals surface area (Å²) in [5.74, 6) is 0. The van der Waals surface area contributed by atoms with Crippen LogP contribution in [0.5, 0.6) is 0 Å². The molecule has 3 rings (SSSR count). The summed E-state index contributed by atoms with van der Waals surface area (Å²) >= 11 is 0. The molecule has 0 aromatic heterocycles. The molecule has 0 radical (unpaired) electrons. The molecule has 0 atom stereocenters. The summed E-state index contributed by atoms with van der Waals surface area (Å²) in [5.41, 5.74) is 0. The van der Waals surface area contributed by atoms with Gasteiger partial charge in [0.2, 0.25) is 0 Å². The predicted molar refractivity (Wildman–Crippen MR) is 109 cm³/mol. The molecule has 3 aromatic rings. The fourth-order valence-corrected chi connectivity index (χ4v) is 7.64. The van der Waals surface area contributed by atoms with E-state index in [1.165, 1.54) is 15.9 Å². The molecule has 0 heterocycles. The first-order valence-electron chi connectivity index (χ1n) is 8.43. The molecule has 3 aromatic carbocycles. The van der Waals surface area contributed by atoms with Gasteiger partial charge in [-0.05, 0) is 50.5 Å². The van der Waals surface area contributed by atoms with Crippen molar-refractivity contribution in [3.05, 3.63) is 91.0 Å². The number of rotatable bonds is 6. The first kappa shape index (κ1) is 20.1. The zero-order valence-corrected chi connectivity index (χ0v) is 17.9. The molecule has 0 aliphatic heterocycles. The molecule has 0 N–H and O–H groups in total. The van der Waals surface area contributed by atoms with Gasteiger partial charge in [0.1, 0.15) is 23.2 Å². The van der Waals surface area contributed by atoms with Crippen LogP contribution in [-0.2, 0) is 0 Å². The average molecular weight is 461 g/mol. The molecule has 0 amide bonds. The molecule has 25 heavy (non-hydrogen) atoms. The van der Waals surface area contributed by atoms with Gasteiger partial charge in [-0.2, -0.15) is 0 Å². The van der Waals surface area contributed by atoms with E-state index in [1.807, 2.05) is 0 Å². The maximum Gasteiger partial charge on any atom is 0.113 e. The minimum Gasteiger partial charge on any atom is -1.00 e. The van der Waals surface area contributed by atoms with Crippen LogP contribution in [0.3, 0.4) is 0 Å². The first-order chi connectivity index (χ1) is 11.7. The lowest BCUT2D eigenvalue weighted by Crippen LogP contribution is -3.00. The minimum absolute atomic E-state index is 0. The van der Waals surface area contributed by atoms with E-state index < -0.39 is 7.26 Å². The maximum absolute atomic E-state index is 2.31. The van der Waals surface area contributed by atoms with Gasteiger partial charge in [0.25, 0.3) is 0 Å². The number of hydrogen-bond acceptors (Lipinski definition) is 1.